The van der Waals surface area contributed by atoms with Crippen molar-refractivity contribution < 1.29 is 4.84 Å². The fraction of sp³-hybridized carbons (Fsp3) is 0.357. The molecular weight excluding hydrogens is 198 g/mol. The van der Waals surface area contributed by atoms with Gasteiger partial charge in [-0.3, -0.25) is 0 Å². The largest absolute Gasteiger partial charge is 0.396 e. The van der Waals surface area contributed by atoms with Gasteiger partial charge in [-0.05, 0) is 30.5 Å². The molecule has 0 aliphatic rings. The average Bonchev–Trinajstić information content (AvgIpc) is 2.29. The van der Waals surface area contributed by atoms with Crippen LogP contribution >= 0.6 is 0 Å². The Bertz CT molecular complexity index is 369. The summed E-state index contributed by atoms with van der Waals surface area (Å²) in [5.41, 5.74) is 3.23. The second-order valence-electron chi connectivity index (χ2n) is 3.83. The Balaban J connectivity index is 2.53. The van der Waals surface area contributed by atoms with Crippen LogP contribution in [0.1, 0.15) is 37.8 Å². The van der Waals surface area contributed by atoms with E-state index in [0.29, 0.717) is 6.61 Å². The van der Waals surface area contributed by atoms with Crippen molar-refractivity contribution in [1.82, 2.24) is 0 Å². The number of rotatable bonds is 6. The molecule has 1 aromatic carbocycles. The smallest absolute Gasteiger partial charge is 0.117 e. The van der Waals surface area contributed by atoms with Gasteiger partial charge >= 0.3 is 0 Å². The first-order valence-electron chi connectivity index (χ1n) is 5.65. The van der Waals surface area contributed by atoms with Gasteiger partial charge in [0, 0.05) is 0 Å². The molecule has 0 saturated heterocycles. The van der Waals surface area contributed by atoms with E-state index < -0.39 is 0 Å². The van der Waals surface area contributed by atoms with Crippen molar-refractivity contribution in [2.75, 3.05) is 6.61 Å². The first-order chi connectivity index (χ1) is 7.74. The van der Waals surface area contributed by atoms with E-state index in [2.05, 4.69) is 24.7 Å². The fourth-order valence-corrected chi connectivity index (χ4v) is 1.24. The molecule has 0 aliphatic heterocycles. The standard InChI is InChI=1S/C14H19NO/c1-4-5-9-16-15-11-13-7-6-8-14(10-13)12(2)3/h6-8,10-11H,2,4-5,9H2,1,3H3. The lowest BCUT2D eigenvalue weighted by molar-refractivity contribution is 0.143. The fourth-order valence-electron chi connectivity index (χ4n) is 1.24. The van der Waals surface area contributed by atoms with Gasteiger partial charge in [0.1, 0.15) is 6.61 Å². The highest BCUT2D eigenvalue weighted by Crippen LogP contribution is 2.12. The lowest BCUT2D eigenvalue weighted by atomic mass is 10.1. The van der Waals surface area contributed by atoms with Crippen molar-refractivity contribution >= 4 is 11.8 Å². The summed E-state index contributed by atoms with van der Waals surface area (Å²) in [7, 11) is 0. The van der Waals surface area contributed by atoms with Crippen molar-refractivity contribution in [1.29, 1.82) is 0 Å². The van der Waals surface area contributed by atoms with Crippen LogP contribution in [-0.2, 0) is 4.84 Å². The molecule has 0 amide bonds. The van der Waals surface area contributed by atoms with Gasteiger partial charge in [0.15, 0.2) is 0 Å². The van der Waals surface area contributed by atoms with Crippen molar-refractivity contribution in [3.63, 3.8) is 0 Å². The minimum Gasteiger partial charge on any atom is -0.396 e. The summed E-state index contributed by atoms with van der Waals surface area (Å²) >= 11 is 0. The van der Waals surface area contributed by atoms with Crippen LogP contribution in [0.15, 0.2) is 36.0 Å². The molecule has 0 aliphatic carbocycles. The normalized spacial score (nSPS) is 10.6. The van der Waals surface area contributed by atoms with Crippen LogP contribution in [0.25, 0.3) is 5.57 Å². The van der Waals surface area contributed by atoms with E-state index >= 15 is 0 Å². The second kappa shape index (κ2) is 6.83. The van der Waals surface area contributed by atoms with Crippen LogP contribution in [0, 0.1) is 0 Å². The highest BCUT2D eigenvalue weighted by molar-refractivity contribution is 5.81. The van der Waals surface area contributed by atoms with Crippen LogP contribution < -0.4 is 0 Å². The average molecular weight is 217 g/mol. The Morgan fingerprint density at radius 1 is 1.50 bits per heavy atom. The third-order valence-electron chi connectivity index (χ3n) is 2.24. The van der Waals surface area contributed by atoms with E-state index in [1.165, 1.54) is 0 Å². The quantitative estimate of drug-likeness (QED) is 0.402. The molecule has 0 radical (unpaired) electrons. The summed E-state index contributed by atoms with van der Waals surface area (Å²) in [5, 5.41) is 3.92. The van der Waals surface area contributed by atoms with Gasteiger partial charge in [0.25, 0.3) is 0 Å². The Kier molecular flexibility index (Phi) is 5.34. The molecule has 0 heterocycles. The van der Waals surface area contributed by atoms with E-state index in [1.807, 2.05) is 25.1 Å². The zero-order chi connectivity index (χ0) is 11.8. The molecule has 1 aromatic rings. The number of benzene rings is 1. The van der Waals surface area contributed by atoms with Crippen LogP contribution in [0.4, 0.5) is 0 Å². The zero-order valence-corrected chi connectivity index (χ0v) is 10.1. The minimum absolute atomic E-state index is 0.688. The Hall–Kier alpha value is -1.57. The number of nitrogens with zero attached hydrogens (tertiary/aromatic N) is 1. The van der Waals surface area contributed by atoms with Crippen molar-refractivity contribution in [2.24, 2.45) is 5.16 Å². The molecule has 1 rings (SSSR count). The highest BCUT2D eigenvalue weighted by Gasteiger charge is 1.94. The van der Waals surface area contributed by atoms with Gasteiger partial charge in [-0.25, -0.2) is 0 Å². The van der Waals surface area contributed by atoms with Crippen LogP contribution in [0.2, 0.25) is 0 Å². The van der Waals surface area contributed by atoms with Gasteiger partial charge in [0.05, 0.1) is 6.21 Å². The van der Waals surface area contributed by atoms with E-state index in [4.69, 9.17) is 4.84 Å². The summed E-state index contributed by atoms with van der Waals surface area (Å²) in [6.45, 7) is 8.72. The van der Waals surface area contributed by atoms with Crippen LogP contribution in [-0.4, -0.2) is 12.8 Å². The molecule has 0 bridgehead atoms. The topological polar surface area (TPSA) is 21.6 Å². The lowest BCUT2D eigenvalue weighted by Crippen LogP contribution is -1.89. The van der Waals surface area contributed by atoms with Gasteiger partial charge in [-0.1, -0.05) is 48.9 Å². The summed E-state index contributed by atoms with van der Waals surface area (Å²) in [4.78, 5) is 5.13. The molecule has 0 aromatic heterocycles. The molecule has 86 valence electrons. The maximum atomic E-state index is 5.13. The molecule has 2 heteroatoms. The van der Waals surface area contributed by atoms with Gasteiger partial charge in [-0.2, -0.15) is 0 Å². The van der Waals surface area contributed by atoms with E-state index in [1.54, 1.807) is 6.21 Å². The van der Waals surface area contributed by atoms with Gasteiger partial charge in [0.2, 0.25) is 0 Å². The van der Waals surface area contributed by atoms with Crippen molar-refractivity contribution in [3.8, 4) is 0 Å². The summed E-state index contributed by atoms with van der Waals surface area (Å²) in [6.07, 6.45) is 3.91. The summed E-state index contributed by atoms with van der Waals surface area (Å²) < 4.78 is 0. The van der Waals surface area contributed by atoms with E-state index in [9.17, 15) is 0 Å². The zero-order valence-electron chi connectivity index (χ0n) is 10.1. The van der Waals surface area contributed by atoms with Crippen LogP contribution in [0.5, 0.6) is 0 Å². The number of allylic oxidation sites excluding steroid dienone is 1. The van der Waals surface area contributed by atoms with Crippen LogP contribution in [0.3, 0.4) is 0 Å². The third-order valence-corrected chi connectivity index (χ3v) is 2.24. The monoisotopic (exact) mass is 217 g/mol. The predicted octanol–water partition coefficient (Wildman–Crippen LogP) is 3.87. The van der Waals surface area contributed by atoms with E-state index in [0.717, 1.165) is 29.5 Å². The third kappa shape index (κ3) is 4.30. The number of unbranched alkanes of at least 4 members (excludes halogenated alkanes) is 1. The highest BCUT2D eigenvalue weighted by atomic mass is 16.6. The maximum absolute atomic E-state index is 5.13. The molecule has 0 saturated carbocycles. The maximum Gasteiger partial charge on any atom is 0.117 e. The summed E-state index contributed by atoms with van der Waals surface area (Å²) in [6, 6.07) is 8.09. The number of hydrogen-bond donors (Lipinski definition) is 0. The molecule has 0 unspecified atom stereocenters. The molecule has 16 heavy (non-hydrogen) atoms. The summed E-state index contributed by atoms with van der Waals surface area (Å²) in [5.74, 6) is 0. The second-order valence-corrected chi connectivity index (χ2v) is 3.83. The molecule has 2 nitrogen and oxygen atoms in total. The number of hydrogen-bond acceptors (Lipinski definition) is 2. The van der Waals surface area contributed by atoms with Crippen molar-refractivity contribution in [3.05, 3.63) is 42.0 Å². The van der Waals surface area contributed by atoms with E-state index in [-0.39, 0.29) is 0 Å². The van der Waals surface area contributed by atoms with Gasteiger partial charge in [-0.15, -0.1) is 0 Å². The molecule has 0 fully saturated rings. The molecule has 0 N–H and O–H groups in total. The number of oxime groups is 1. The van der Waals surface area contributed by atoms with Crippen molar-refractivity contribution in [2.45, 2.75) is 26.7 Å². The first kappa shape index (κ1) is 12.5. The first-order valence-corrected chi connectivity index (χ1v) is 5.65. The minimum atomic E-state index is 0.688. The molecule has 0 atom stereocenters. The van der Waals surface area contributed by atoms with Gasteiger partial charge < -0.3 is 4.84 Å². The Labute approximate surface area is 97.6 Å². The molecular formula is C14H19NO. The predicted molar refractivity (Wildman–Crippen MR) is 69.6 cm³/mol. The Morgan fingerprint density at radius 3 is 3.00 bits per heavy atom. The Morgan fingerprint density at radius 2 is 2.31 bits per heavy atom. The molecule has 0 spiro atoms. The lowest BCUT2D eigenvalue weighted by Gasteiger charge is -2.00. The SMILES string of the molecule is C=C(C)c1cccc(C=NOCCCC)c1.